The maximum absolute atomic E-state index is 12.2. The standard InChI is InChI=1S/C18H27N3O2/c1-4-16(14-7-5-13(2)6-8-14)20-18(23)12-21(3)11-17(22)19-15-9-10-15/h5-8,15-16H,4,9-12H2,1-3H3,(H,19,22)(H,20,23)/p+1/t16-/m0/s1. The zero-order valence-corrected chi connectivity index (χ0v) is 14.3. The Morgan fingerprint density at radius 1 is 1.17 bits per heavy atom. The van der Waals surface area contributed by atoms with Gasteiger partial charge in [-0.2, -0.15) is 0 Å². The lowest BCUT2D eigenvalue weighted by atomic mass is 10.0. The van der Waals surface area contributed by atoms with Gasteiger partial charge in [0.2, 0.25) is 0 Å². The number of likely N-dealkylation sites (N-methyl/N-ethyl adjacent to an activating group) is 1. The molecule has 0 bridgehead atoms. The third kappa shape index (κ3) is 6.02. The number of hydrogen-bond acceptors (Lipinski definition) is 2. The number of benzene rings is 1. The molecular weight excluding hydrogens is 290 g/mol. The smallest absolute Gasteiger partial charge is 0.275 e. The summed E-state index contributed by atoms with van der Waals surface area (Å²) < 4.78 is 0. The molecule has 2 atom stereocenters. The van der Waals surface area contributed by atoms with Crippen LogP contribution in [-0.2, 0) is 9.59 Å². The van der Waals surface area contributed by atoms with Gasteiger partial charge < -0.3 is 15.5 Å². The highest BCUT2D eigenvalue weighted by Gasteiger charge is 2.25. The van der Waals surface area contributed by atoms with Crippen LogP contribution in [0.1, 0.15) is 43.4 Å². The van der Waals surface area contributed by atoms with E-state index in [1.165, 1.54) is 5.56 Å². The molecule has 1 aromatic carbocycles. The fraction of sp³-hybridized carbons (Fsp3) is 0.556. The Labute approximate surface area is 138 Å². The third-order valence-electron chi connectivity index (χ3n) is 4.09. The van der Waals surface area contributed by atoms with Gasteiger partial charge in [0.1, 0.15) is 0 Å². The largest absolute Gasteiger partial charge is 0.348 e. The second-order valence-electron chi connectivity index (χ2n) is 6.59. The lowest BCUT2D eigenvalue weighted by Crippen LogP contribution is -3.11. The van der Waals surface area contributed by atoms with Crippen LogP contribution in [0.4, 0.5) is 0 Å². The Hall–Kier alpha value is -1.88. The molecule has 1 aliphatic carbocycles. The van der Waals surface area contributed by atoms with Crippen molar-refractivity contribution in [1.82, 2.24) is 10.6 Å². The molecular formula is C18H28N3O2+. The lowest BCUT2D eigenvalue weighted by molar-refractivity contribution is -0.862. The molecule has 0 spiro atoms. The molecule has 0 aromatic heterocycles. The van der Waals surface area contributed by atoms with E-state index in [0.717, 1.165) is 29.7 Å². The number of quaternary nitrogens is 1. The SMILES string of the molecule is CC[C@H](NC(=O)C[NH+](C)CC(=O)NC1CC1)c1ccc(C)cc1. The van der Waals surface area contributed by atoms with Crippen LogP contribution in [-0.4, -0.2) is 38.0 Å². The topological polar surface area (TPSA) is 62.6 Å². The fourth-order valence-corrected chi connectivity index (χ4v) is 2.58. The van der Waals surface area contributed by atoms with Crippen molar-refractivity contribution >= 4 is 11.8 Å². The van der Waals surface area contributed by atoms with Gasteiger partial charge in [-0.05, 0) is 31.7 Å². The number of carbonyl (C=O) groups excluding carboxylic acids is 2. The molecule has 5 nitrogen and oxygen atoms in total. The summed E-state index contributed by atoms with van der Waals surface area (Å²) in [6.45, 7) is 4.75. The van der Waals surface area contributed by atoms with Gasteiger partial charge >= 0.3 is 0 Å². The first kappa shape index (κ1) is 17.5. The first-order valence-corrected chi connectivity index (χ1v) is 8.44. The molecule has 5 heteroatoms. The zero-order valence-electron chi connectivity index (χ0n) is 14.3. The van der Waals surface area contributed by atoms with E-state index in [0.29, 0.717) is 19.1 Å². The second-order valence-corrected chi connectivity index (χ2v) is 6.59. The van der Waals surface area contributed by atoms with Gasteiger partial charge in [0.15, 0.2) is 13.1 Å². The molecule has 1 saturated carbocycles. The van der Waals surface area contributed by atoms with Crippen molar-refractivity contribution in [2.75, 3.05) is 20.1 Å². The maximum atomic E-state index is 12.2. The number of aryl methyl sites for hydroxylation is 1. The minimum atomic E-state index is -0.0193. The number of hydrogen-bond donors (Lipinski definition) is 3. The minimum absolute atomic E-state index is 0.0193. The summed E-state index contributed by atoms with van der Waals surface area (Å²) in [5.41, 5.74) is 2.33. The van der Waals surface area contributed by atoms with Crippen LogP contribution in [0.2, 0.25) is 0 Å². The van der Waals surface area contributed by atoms with Gasteiger partial charge in [-0.15, -0.1) is 0 Å². The van der Waals surface area contributed by atoms with Crippen molar-refractivity contribution in [3.05, 3.63) is 35.4 Å². The molecule has 1 aromatic rings. The van der Waals surface area contributed by atoms with Gasteiger partial charge in [-0.1, -0.05) is 36.8 Å². The zero-order chi connectivity index (χ0) is 16.8. The first-order valence-electron chi connectivity index (χ1n) is 8.44. The Morgan fingerprint density at radius 3 is 2.35 bits per heavy atom. The number of amides is 2. The molecule has 1 unspecified atom stereocenters. The van der Waals surface area contributed by atoms with Crippen LogP contribution < -0.4 is 15.5 Å². The monoisotopic (exact) mass is 318 g/mol. The molecule has 1 fully saturated rings. The predicted octanol–water partition coefficient (Wildman–Crippen LogP) is 0.356. The summed E-state index contributed by atoms with van der Waals surface area (Å²) in [6.07, 6.45) is 3.01. The van der Waals surface area contributed by atoms with E-state index < -0.39 is 0 Å². The van der Waals surface area contributed by atoms with Crippen LogP contribution in [0.25, 0.3) is 0 Å². The number of nitrogens with one attached hydrogen (secondary N) is 3. The molecule has 0 aliphatic heterocycles. The van der Waals surface area contributed by atoms with Gasteiger partial charge in [0, 0.05) is 6.04 Å². The molecule has 0 radical (unpaired) electrons. The van der Waals surface area contributed by atoms with Crippen LogP contribution in [0.3, 0.4) is 0 Å². The molecule has 2 rings (SSSR count). The van der Waals surface area contributed by atoms with Gasteiger partial charge in [0.05, 0.1) is 13.1 Å². The molecule has 1 aliphatic rings. The van der Waals surface area contributed by atoms with Crippen LogP contribution in [0.5, 0.6) is 0 Å². The highest BCUT2D eigenvalue weighted by atomic mass is 16.2. The Bertz CT molecular complexity index is 538. The molecule has 126 valence electrons. The predicted molar refractivity (Wildman–Crippen MR) is 90.1 cm³/mol. The quantitative estimate of drug-likeness (QED) is 0.648. The molecule has 0 heterocycles. The normalized spacial score (nSPS) is 16.5. The average molecular weight is 318 g/mol. The van der Waals surface area contributed by atoms with E-state index in [-0.39, 0.29) is 17.9 Å². The highest BCUT2D eigenvalue weighted by molar-refractivity contribution is 5.79. The van der Waals surface area contributed by atoms with E-state index in [2.05, 4.69) is 41.8 Å². The fourth-order valence-electron chi connectivity index (χ4n) is 2.58. The summed E-state index contributed by atoms with van der Waals surface area (Å²) in [5, 5.41) is 6.02. The van der Waals surface area contributed by atoms with E-state index in [1.807, 2.05) is 14.0 Å². The van der Waals surface area contributed by atoms with Crippen molar-refractivity contribution < 1.29 is 14.5 Å². The van der Waals surface area contributed by atoms with Crippen LogP contribution in [0.15, 0.2) is 24.3 Å². The van der Waals surface area contributed by atoms with Gasteiger partial charge in [-0.25, -0.2) is 0 Å². The van der Waals surface area contributed by atoms with E-state index >= 15 is 0 Å². The third-order valence-corrected chi connectivity index (χ3v) is 4.09. The summed E-state index contributed by atoms with van der Waals surface area (Å²) in [7, 11) is 1.87. The molecule has 23 heavy (non-hydrogen) atoms. The van der Waals surface area contributed by atoms with Crippen molar-refractivity contribution in [3.8, 4) is 0 Å². The van der Waals surface area contributed by atoms with Crippen molar-refractivity contribution in [3.63, 3.8) is 0 Å². The lowest BCUT2D eigenvalue weighted by Gasteiger charge is -2.19. The van der Waals surface area contributed by atoms with Crippen molar-refractivity contribution in [1.29, 1.82) is 0 Å². The Kier molecular flexibility index (Phi) is 6.16. The minimum Gasteiger partial charge on any atom is -0.348 e. The molecule has 0 saturated heterocycles. The van der Waals surface area contributed by atoms with Gasteiger partial charge in [0.25, 0.3) is 11.8 Å². The summed E-state index contributed by atoms with van der Waals surface area (Å²) in [6, 6.07) is 8.63. The molecule has 2 amide bonds. The second kappa shape index (κ2) is 8.11. The highest BCUT2D eigenvalue weighted by Crippen LogP contribution is 2.18. The van der Waals surface area contributed by atoms with Crippen molar-refractivity contribution in [2.45, 2.75) is 45.2 Å². The summed E-state index contributed by atoms with van der Waals surface area (Å²) in [4.78, 5) is 24.9. The molecule has 3 N–H and O–H groups in total. The Morgan fingerprint density at radius 2 is 1.78 bits per heavy atom. The maximum Gasteiger partial charge on any atom is 0.275 e. The summed E-state index contributed by atoms with van der Waals surface area (Å²) in [5.74, 6) is 0.0116. The van der Waals surface area contributed by atoms with Crippen LogP contribution in [0, 0.1) is 6.92 Å². The summed E-state index contributed by atoms with van der Waals surface area (Å²) >= 11 is 0. The number of carbonyl (C=O) groups is 2. The van der Waals surface area contributed by atoms with E-state index in [9.17, 15) is 9.59 Å². The Balaban J connectivity index is 1.79. The first-order chi connectivity index (χ1) is 11.0. The van der Waals surface area contributed by atoms with Gasteiger partial charge in [-0.3, -0.25) is 9.59 Å². The van der Waals surface area contributed by atoms with Crippen LogP contribution >= 0.6 is 0 Å². The van der Waals surface area contributed by atoms with E-state index in [4.69, 9.17) is 0 Å². The van der Waals surface area contributed by atoms with Crippen molar-refractivity contribution in [2.24, 2.45) is 0 Å². The van der Waals surface area contributed by atoms with E-state index in [1.54, 1.807) is 0 Å². The average Bonchev–Trinajstić information content (AvgIpc) is 3.29. The number of rotatable bonds is 8.